The number of nitrogens with zero attached hydrogens (tertiary/aromatic N) is 3. The van der Waals surface area contributed by atoms with Crippen molar-refractivity contribution in [2.24, 2.45) is 0 Å². The van der Waals surface area contributed by atoms with Crippen LogP contribution in [0.15, 0.2) is 36.4 Å². The predicted octanol–water partition coefficient (Wildman–Crippen LogP) is 2.19. The van der Waals surface area contributed by atoms with Crippen molar-refractivity contribution in [1.29, 1.82) is 0 Å². The Bertz CT molecular complexity index is 963. The van der Waals surface area contributed by atoms with Crippen LogP contribution < -0.4 is 11.1 Å². The van der Waals surface area contributed by atoms with Crippen molar-refractivity contribution in [2.75, 3.05) is 43.8 Å². The van der Waals surface area contributed by atoms with E-state index in [9.17, 15) is 19.7 Å². The molecule has 0 spiro atoms. The number of hydrogen-bond donors (Lipinski definition) is 2. The fourth-order valence-corrected chi connectivity index (χ4v) is 3.52. The molecule has 1 aliphatic rings. The number of nitro groups is 1. The summed E-state index contributed by atoms with van der Waals surface area (Å²) in [7, 11) is 0. The highest BCUT2D eigenvalue weighted by atomic mass is 16.6. The van der Waals surface area contributed by atoms with E-state index in [1.54, 1.807) is 4.90 Å². The van der Waals surface area contributed by atoms with E-state index in [0.717, 1.165) is 16.8 Å². The number of piperazine rings is 1. The van der Waals surface area contributed by atoms with Crippen LogP contribution in [-0.4, -0.2) is 59.3 Å². The molecule has 2 aromatic rings. The van der Waals surface area contributed by atoms with Gasteiger partial charge in [-0.25, -0.2) is 0 Å². The van der Waals surface area contributed by atoms with E-state index < -0.39 is 4.92 Å². The first-order chi connectivity index (χ1) is 14.3. The van der Waals surface area contributed by atoms with Crippen LogP contribution in [0.1, 0.15) is 21.5 Å². The second-order valence-electron chi connectivity index (χ2n) is 7.41. The van der Waals surface area contributed by atoms with Crippen LogP contribution in [0.25, 0.3) is 0 Å². The highest BCUT2D eigenvalue weighted by Gasteiger charge is 2.25. The Morgan fingerprint density at radius 3 is 2.33 bits per heavy atom. The molecule has 1 heterocycles. The van der Waals surface area contributed by atoms with Gasteiger partial charge >= 0.3 is 0 Å². The summed E-state index contributed by atoms with van der Waals surface area (Å²) in [5, 5.41) is 14.0. The number of para-hydroxylation sites is 1. The van der Waals surface area contributed by atoms with Gasteiger partial charge in [0.25, 0.3) is 11.6 Å². The number of rotatable bonds is 5. The van der Waals surface area contributed by atoms with Gasteiger partial charge in [-0.15, -0.1) is 0 Å². The summed E-state index contributed by atoms with van der Waals surface area (Å²) in [6.07, 6.45) is 0. The van der Waals surface area contributed by atoms with Crippen molar-refractivity contribution in [3.8, 4) is 0 Å². The molecule has 2 aromatic carbocycles. The summed E-state index contributed by atoms with van der Waals surface area (Å²) in [6.45, 7) is 6.11. The SMILES string of the molecule is Cc1cccc(C)c1NC(=O)CN1CCN(C(=O)c2ccc(N)c([N+](=O)[O-])c2)CC1. The third kappa shape index (κ3) is 4.74. The number of carbonyl (C=O) groups excluding carboxylic acids is 2. The maximum absolute atomic E-state index is 12.7. The lowest BCUT2D eigenvalue weighted by Gasteiger charge is -2.34. The summed E-state index contributed by atoms with van der Waals surface area (Å²) in [6, 6.07) is 9.94. The van der Waals surface area contributed by atoms with Gasteiger partial charge in [0.1, 0.15) is 5.69 Å². The average molecular weight is 411 g/mol. The van der Waals surface area contributed by atoms with Gasteiger partial charge in [-0.05, 0) is 37.1 Å². The smallest absolute Gasteiger partial charge is 0.292 e. The number of aryl methyl sites for hydroxylation is 2. The minimum absolute atomic E-state index is 0.0243. The molecule has 3 rings (SSSR count). The zero-order chi connectivity index (χ0) is 21.8. The fourth-order valence-electron chi connectivity index (χ4n) is 3.52. The maximum Gasteiger partial charge on any atom is 0.292 e. The van der Waals surface area contributed by atoms with Crippen LogP contribution in [-0.2, 0) is 4.79 Å². The Hall–Kier alpha value is -3.46. The molecular weight excluding hydrogens is 386 g/mol. The molecule has 0 radical (unpaired) electrons. The average Bonchev–Trinajstić information content (AvgIpc) is 2.71. The van der Waals surface area contributed by atoms with Gasteiger partial charge in [0.2, 0.25) is 5.91 Å². The number of nitrogens with one attached hydrogen (secondary N) is 1. The molecule has 0 saturated carbocycles. The Kier molecular flexibility index (Phi) is 6.31. The number of amides is 2. The van der Waals surface area contributed by atoms with Crippen LogP contribution in [0, 0.1) is 24.0 Å². The second-order valence-corrected chi connectivity index (χ2v) is 7.41. The van der Waals surface area contributed by atoms with Gasteiger partial charge in [-0.3, -0.25) is 24.6 Å². The molecule has 2 amide bonds. The maximum atomic E-state index is 12.7. The number of nitrogens with two attached hydrogens (primary N) is 1. The van der Waals surface area contributed by atoms with Crippen molar-refractivity contribution >= 4 is 28.9 Å². The van der Waals surface area contributed by atoms with Crippen molar-refractivity contribution < 1.29 is 14.5 Å². The lowest BCUT2D eigenvalue weighted by Crippen LogP contribution is -2.50. The molecule has 0 atom stereocenters. The molecule has 1 saturated heterocycles. The molecule has 9 heteroatoms. The molecule has 0 unspecified atom stereocenters. The number of hydrogen-bond acceptors (Lipinski definition) is 6. The van der Waals surface area contributed by atoms with Crippen LogP contribution in [0.4, 0.5) is 17.1 Å². The number of nitro benzene ring substituents is 1. The summed E-state index contributed by atoms with van der Waals surface area (Å²) in [5.41, 5.74) is 8.43. The monoisotopic (exact) mass is 411 g/mol. The van der Waals surface area contributed by atoms with E-state index in [0.29, 0.717) is 26.2 Å². The normalized spacial score (nSPS) is 14.4. The summed E-state index contributed by atoms with van der Waals surface area (Å²) >= 11 is 0. The first kappa shape index (κ1) is 21.3. The first-order valence-corrected chi connectivity index (χ1v) is 9.68. The molecule has 3 N–H and O–H groups in total. The second kappa shape index (κ2) is 8.91. The van der Waals surface area contributed by atoms with Gasteiger partial charge in [0.15, 0.2) is 0 Å². The molecular formula is C21H25N5O4. The fraction of sp³-hybridized carbons (Fsp3) is 0.333. The summed E-state index contributed by atoms with van der Waals surface area (Å²) in [4.78, 5) is 39.2. The minimum atomic E-state index is -0.598. The standard InChI is InChI=1S/C21H25N5O4/c1-14-4-3-5-15(2)20(14)23-19(27)13-24-8-10-25(11-9-24)21(28)16-6-7-17(22)18(12-16)26(29)30/h3-7,12H,8-11,13,22H2,1-2H3,(H,23,27). The van der Waals surface area contributed by atoms with E-state index in [2.05, 4.69) is 5.32 Å². The highest BCUT2D eigenvalue weighted by Crippen LogP contribution is 2.23. The Labute approximate surface area is 174 Å². The molecule has 0 bridgehead atoms. The third-order valence-corrected chi connectivity index (χ3v) is 5.25. The van der Waals surface area contributed by atoms with Crippen molar-refractivity contribution in [2.45, 2.75) is 13.8 Å². The van der Waals surface area contributed by atoms with Crippen molar-refractivity contribution in [3.05, 3.63) is 63.2 Å². The zero-order valence-electron chi connectivity index (χ0n) is 17.1. The summed E-state index contributed by atoms with van der Waals surface area (Å²) < 4.78 is 0. The van der Waals surface area contributed by atoms with Crippen LogP contribution in [0.5, 0.6) is 0 Å². The Morgan fingerprint density at radius 1 is 1.10 bits per heavy atom. The molecule has 1 aliphatic heterocycles. The van der Waals surface area contributed by atoms with Gasteiger partial charge in [-0.1, -0.05) is 18.2 Å². The van der Waals surface area contributed by atoms with Gasteiger partial charge < -0.3 is 16.0 Å². The van der Waals surface area contributed by atoms with E-state index in [1.807, 2.05) is 36.9 Å². The van der Waals surface area contributed by atoms with Gasteiger partial charge in [0.05, 0.1) is 11.5 Å². The lowest BCUT2D eigenvalue weighted by atomic mass is 10.1. The molecule has 0 aliphatic carbocycles. The molecule has 158 valence electrons. The summed E-state index contributed by atoms with van der Waals surface area (Å²) in [5.74, 6) is -0.376. The third-order valence-electron chi connectivity index (χ3n) is 5.25. The molecule has 1 fully saturated rings. The first-order valence-electron chi connectivity index (χ1n) is 9.68. The largest absolute Gasteiger partial charge is 0.393 e. The highest BCUT2D eigenvalue weighted by molar-refractivity contribution is 5.96. The van der Waals surface area contributed by atoms with E-state index >= 15 is 0 Å². The predicted molar refractivity (Wildman–Crippen MR) is 114 cm³/mol. The van der Waals surface area contributed by atoms with Crippen LogP contribution >= 0.6 is 0 Å². The number of benzene rings is 2. The number of carbonyl (C=O) groups is 2. The van der Waals surface area contributed by atoms with Gasteiger partial charge in [-0.2, -0.15) is 0 Å². The topological polar surface area (TPSA) is 122 Å². The van der Waals surface area contributed by atoms with Crippen LogP contribution in [0.3, 0.4) is 0 Å². The lowest BCUT2D eigenvalue weighted by molar-refractivity contribution is -0.383. The van der Waals surface area contributed by atoms with E-state index in [-0.39, 0.29) is 35.3 Å². The zero-order valence-corrected chi connectivity index (χ0v) is 17.1. The van der Waals surface area contributed by atoms with Crippen LogP contribution in [0.2, 0.25) is 0 Å². The van der Waals surface area contributed by atoms with Crippen molar-refractivity contribution in [3.63, 3.8) is 0 Å². The Balaban J connectivity index is 1.56. The minimum Gasteiger partial charge on any atom is -0.393 e. The van der Waals surface area contributed by atoms with E-state index in [1.165, 1.54) is 18.2 Å². The number of anilines is 2. The molecule has 30 heavy (non-hydrogen) atoms. The molecule has 9 nitrogen and oxygen atoms in total. The van der Waals surface area contributed by atoms with Crippen molar-refractivity contribution in [1.82, 2.24) is 9.80 Å². The number of nitrogen functional groups attached to an aromatic ring is 1. The molecule has 0 aromatic heterocycles. The van der Waals surface area contributed by atoms with E-state index in [4.69, 9.17) is 5.73 Å². The Morgan fingerprint density at radius 2 is 1.73 bits per heavy atom. The quantitative estimate of drug-likeness (QED) is 0.442. The van der Waals surface area contributed by atoms with Gasteiger partial charge in [0, 0.05) is 43.5 Å².